The summed E-state index contributed by atoms with van der Waals surface area (Å²) in [6.07, 6.45) is 7.83. The second-order valence-corrected chi connectivity index (χ2v) is 10.3. The predicted octanol–water partition coefficient (Wildman–Crippen LogP) is 6.95. The number of esters is 2. The van der Waals surface area contributed by atoms with Crippen LogP contribution in [0.3, 0.4) is 0 Å². The van der Waals surface area contributed by atoms with Crippen molar-refractivity contribution in [1.29, 1.82) is 0 Å². The van der Waals surface area contributed by atoms with Gasteiger partial charge in [-0.1, -0.05) is 48.9 Å². The number of carbonyl (C=O) groups excluding carboxylic acids is 3. The third-order valence-corrected chi connectivity index (χ3v) is 7.62. The molecule has 0 spiro atoms. The molecule has 3 aromatic rings. The minimum atomic E-state index is -0.590. The van der Waals surface area contributed by atoms with Gasteiger partial charge in [-0.2, -0.15) is 0 Å². The van der Waals surface area contributed by atoms with Crippen LogP contribution >= 0.6 is 11.3 Å². The number of amides is 1. The smallest absolute Gasteiger partial charge is 0.348 e. The van der Waals surface area contributed by atoms with Gasteiger partial charge >= 0.3 is 11.9 Å². The number of rotatable bonds is 10. The lowest BCUT2D eigenvalue weighted by Crippen LogP contribution is -2.21. The van der Waals surface area contributed by atoms with Crippen molar-refractivity contribution in [2.75, 3.05) is 11.9 Å². The van der Waals surface area contributed by atoms with Crippen LogP contribution in [0.25, 0.3) is 6.08 Å². The van der Waals surface area contributed by atoms with Crippen LogP contribution in [0.1, 0.15) is 75.7 Å². The second-order valence-electron chi connectivity index (χ2n) is 9.31. The maximum atomic E-state index is 12.9. The van der Waals surface area contributed by atoms with Gasteiger partial charge in [0.1, 0.15) is 28.3 Å². The highest BCUT2D eigenvalue weighted by molar-refractivity contribution is 7.18. The van der Waals surface area contributed by atoms with Crippen molar-refractivity contribution < 1.29 is 28.6 Å². The highest BCUT2D eigenvalue weighted by atomic mass is 32.1. The van der Waals surface area contributed by atoms with E-state index in [0.29, 0.717) is 17.0 Å². The molecule has 1 heterocycles. The van der Waals surface area contributed by atoms with Crippen molar-refractivity contribution in [1.82, 2.24) is 0 Å². The minimum Gasteiger partial charge on any atom is -0.489 e. The Labute approximate surface area is 232 Å². The Balaban J connectivity index is 1.42. The molecule has 39 heavy (non-hydrogen) atoms. The molecule has 0 unspecified atom stereocenters. The lowest BCUT2D eigenvalue weighted by molar-refractivity contribution is -0.111. The van der Waals surface area contributed by atoms with E-state index in [4.69, 9.17) is 14.2 Å². The first-order valence-corrected chi connectivity index (χ1v) is 14.0. The number of hydrogen-bond acceptors (Lipinski definition) is 7. The molecule has 7 nitrogen and oxygen atoms in total. The Kier molecular flexibility index (Phi) is 9.91. The molecule has 4 rings (SSSR count). The highest BCUT2D eigenvalue weighted by Crippen LogP contribution is 2.35. The normalized spacial score (nSPS) is 13.7. The average molecular weight is 548 g/mol. The van der Waals surface area contributed by atoms with Gasteiger partial charge in [0, 0.05) is 6.08 Å². The number of ether oxygens (including phenoxy) is 3. The highest BCUT2D eigenvalue weighted by Gasteiger charge is 2.28. The predicted molar refractivity (Wildman–Crippen MR) is 152 cm³/mol. The molecule has 1 aliphatic carbocycles. The van der Waals surface area contributed by atoms with Crippen molar-refractivity contribution in [3.8, 4) is 5.75 Å². The Morgan fingerprint density at radius 1 is 0.974 bits per heavy atom. The van der Waals surface area contributed by atoms with Gasteiger partial charge in [-0.05, 0) is 74.4 Å². The third kappa shape index (κ3) is 7.80. The van der Waals surface area contributed by atoms with Gasteiger partial charge in [0.15, 0.2) is 0 Å². The quantitative estimate of drug-likeness (QED) is 0.218. The summed E-state index contributed by atoms with van der Waals surface area (Å²) in [6.45, 7) is 4.02. The molecule has 1 N–H and O–H groups in total. The lowest BCUT2D eigenvalue weighted by Gasteiger charge is -2.21. The van der Waals surface area contributed by atoms with Crippen LogP contribution in [0.4, 0.5) is 5.00 Å². The van der Waals surface area contributed by atoms with E-state index in [9.17, 15) is 14.4 Å². The first-order chi connectivity index (χ1) is 18.9. The van der Waals surface area contributed by atoms with E-state index in [-0.39, 0.29) is 23.3 Å². The van der Waals surface area contributed by atoms with Crippen LogP contribution in [0.5, 0.6) is 5.75 Å². The molecule has 1 saturated carbocycles. The van der Waals surface area contributed by atoms with Crippen LogP contribution in [-0.2, 0) is 20.9 Å². The summed E-state index contributed by atoms with van der Waals surface area (Å²) in [5, 5.41) is 3.01. The largest absolute Gasteiger partial charge is 0.489 e. The van der Waals surface area contributed by atoms with E-state index in [2.05, 4.69) is 5.32 Å². The standard InChI is InChI=1S/C31H33NO6S/c1-3-36-30(34)27-21(2)28(31(35)38-25-12-8-5-9-13-25)39-29(27)32-26(33)19-16-22-14-17-24(18-15-22)37-20-23-10-6-4-7-11-23/h4,6-7,10-11,14-19,25H,3,5,8-9,12-13,20H2,1-2H3,(H,32,33)/b19-16+. The summed E-state index contributed by atoms with van der Waals surface area (Å²) in [5.41, 5.74) is 2.51. The van der Waals surface area contributed by atoms with E-state index in [1.165, 1.54) is 6.08 Å². The minimum absolute atomic E-state index is 0.116. The monoisotopic (exact) mass is 547 g/mol. The summed E-state index contributed by atoms with van der Waals surface area (Å²) in [6, 6.07) is 17.3. The molecular formula is C31H33NO6S. The first-order valence-electron chi connectivity index (χ1n) is 13.2. The number of hydrogen-bond donors (Lipinski definition) is 1. The maximum Gasteiger partial charge on any atom is 0.348 e. The fraction of sp³-hybridized carbons (Fsp3) is 0.323. The summed E-state index contributed by atoms with van der Waals surface area (Å²) in [7, 11) is 0. The van der Waals surface area contributed by atoms with Gasteiger partial charge in [0.2, 0.25) is 5.91 Å². The molecule has 2 aromatic carbocycles. The number of carbonyl (C=O) groups is 3. The molecule has 1 amide bonds. The Morgan fingerprint density at radius 3 is 2.38 bits per heavy atom. The van der Waals surface area contributed by atoms with Gasteiger partial charge in [-0.15, -0.1) is 11.3 Å². The van der Waals surface area contributed by atoms with Crippen molar-refractivity contribution >= 4 is 40.3 Å². The summed E-state index contributed by atoms with van der Waals surface area (Å²) >= 11 is 1.03. The molecule has 8 heteroatoms. The zero-order chi connectivity index (χ0) is 27.6. The van der Waals surface area contributed by atoms with Crippen LogP contribution in [-0.4, -0.2) is 30.6 Å². The van der Waals surface area contributed by atoms with E-state index in [0.717, 1.165) is 60.3 Å². The van der Waals surface area contributed by atoms with Crippen LogP contribution in [0, 0.1) is 6.92 Å². The molecule has 0 bridgehead atoms. The molecule has 0 radical (unpaired) electrons. The number of thiophene rings is 1. The van der Waals surface area contributed by atoms with Crippen LogP contribution in [0.2, 0.25) is 0 Å². The SMILES string of the molecule is CCOC(=O)c1c(NC(=O)/C=C/c2ccc(OCc3ccccc3)cc2)sc(C(=O)OC2CCCCC2)c1C. The first kappa shape index (κ1) is 28.1. The van der Waals surface area contributed by atoms with Crippen molar-refractivity contribution in [3.63, 3.8) is 0 Å². The summed E-state index contributed by atoms with van der Waals surface area (Å²) in [4.78, 5) is 38.7. The molecule has 1 aliphatic rings. The fourth-order valence-electron chi connectivity index (χ4n) is 4.37. The topological polar surface area (TPSA) is 90.9 Å². The number of anilines is 1. The van der Waals surface area contributed by atoms with Gasteiger partial charge < -0.3 is 19.5 Å². The van der Waals surface area contributed by atoms with Crippen molar-refractivity contribution in [2.45, 2.75) is 58.7 Å². The van der Waals surface area contributed by atoms with Gasteiger partial charge in [0.05, 0.1) is 12.2 Å². The van der Waals surface area contributed by atoms with Crippen LogP contribution in [0.15, 0.2) is 60.7 Å². The van der Waals surface area contributed by atoms with E-state index < -0.39 is 17.8 Å². The number of benzene rings is 2. The second kappa shape index (κ2) is 13.8. The summed E-state index contributed by atoms with van der Waals surface area (Å²) in [5.74, 6) is -0.770. The zero-order valence-electron chi connectivity index (χ0n) is 22.2. The maximum absolute atomic E-state index is 12.9. The molecular weight excluding hydrogens is 514 g/mol. The molecule has 0 saturated heterocycles. The third-order valence-electron chi connectivity index (χ3n) is 6.43. The summed E-state index contributed by atoms with van der Waals surface area (Å²) < 4.78 is 16.7. The van der Waals surface area contributed by atoms with Crippen molar-refractivity contribution in [2.24, 2.45) is 0 Å². The van der Waals surface area contributed by atoms with Crippen molar-refractivity contribution in [3.05, 3.63) is 87.8 Å². The molecule has 0 aliphatic heterocycles. The van der Waals surface area contributed by atoms with Gasteiger partial charge in [-0.3, -0.25) is 4.79 Å². The Morgan fingerprint density at radius 2 is 1.69 bits per heavy atom. The van der Waals surface area contributed by atoms with E-state index in [1.54, 1.807) is 19.9 Å². The Bertz CT molecular complexity index is 1310. The average Bonchev–Trinajstić information content (AvgIpc) is 3.28. The molecule has 1 fully saturated rings. The fourth-order valence-corrected chi connectivity index (χ4v) is 5.46. The molecule has 1 aromatic heterocycles. The zero-order valence-corrected chi connectivity index (χ0v) is 23.1. The van der Waals surface area contributed by atoms with E-state index in [1.807, 2.05) is 54.6 Å². The lowest BCUT2D eigenvalue weighted by atomic mass is 9.98. The van der Waals surface area contributed by atoms with E-state index >= 15 is 0 Å². The number of nitrogens with one attached hydrogen (secondary N) is 1. The van der Waals surface area contributed by atoms with Crippen LogP contribution < -0.4 is 10.1 Å². The van der Waals surface area contributed by atoms with Gasteiger partial charge in [0.25, 0.3) is 0 Å². The molecule has 0 atom stereocenters. The Hall–Kier alpha value is -3.91. The van der Waals surface area contributed by atoms with Gasteiger partial charge in [-0.25, -0.2) is 9.59 Å². The molecule has 204 valence electrons.